The molecule has 4 N–H and O–H groups in total. The minimum atomic E-state index is -1.05. The molecular weight excluding hydrogens is 258 g/mol. The van der Waals surface area contributed by atoms with Gasteiger partial charge in [0.1, 0.15) is 5.76 Å². The molecule has 0 spiro atoms. The zero-order valence-electron chi connectivity index (χ0n) is 11.6. The van der Waals surface area contributed by atoms with Gasteiger partial charge in [-0.2, -0.15) is 0 Å². The van der Waals surface area contributed by atoms with E-state index in [0.717, 1.165) is 17.0 Å². The van der Waals surface area contributed by atoms with Gasteiger partial charge in [-0.3, -0.25) is 0 Å². The molecule has 6 heteroatoms. The van der Waals surface area contributed by atoms with Gasteiger partial charge in [-0.25, -0.2) is 4.79 Å². The summed E-state index contributed by atoms with van der Waals surface area (Å²) >= 11 is 0. The van der Waals surface area contributed by atoms with Gasteiger partial charge in [0.2, 0.25) is 0 Å². The molecule has 20 heavy (non-hydrogen) atoms. The molecule has 1 aromatic carbocycles. The molecule has 1 heterocycles. The third-order valence-electron chi connectivity index (χ3n) is 3.19. The van der Waals surface area contributed by atoms with E-state index in [-0.39, 0.29) is 17.3 Å². The Morgan fingerprint density at radius 2 is 2.15 bits per heavy atom. The van der Waals surface area contributed by atoms with E-state index >= 15 is 0 Å². The lowest BCUT2D eigenvalue weighted by atomic mass is 10.1. The Labute approximate surface area is 116 Å². The van der Waals surface area contributed by atoms with E-state index in [4.69, 9.17) is 15.4 Å². The second-order valence-corrected chi connectivity index (χ2v) is 4.71. The van der Waals surface area contributed by atoms with Crippen molar-refractivity contribution in [1.82, 2.24) is 5.16 Å². The van der Waals surface area contributed by atoms with Crippen LogP contribution in [0.3, 0.4) is 0 Å². The summed E-state index contributed by atoms with van der Waals surface area (Å²) in [4.78, 5) is 11.1. The Bertz CT molecular complexity index is 630. The molecule has 106 valence electrons. The number of anilines is 2. The number of aromatic carboxylic acids is 1. The normalized spacial score (nSPS) is 12.2. The maximum absolute atomic E-state index is 11.1. The van der Waals surface area contributed by atoms with Crippen LogP contribution in [0.25, 0.3) is 0 Å². The van der Waals surface area contributed by atoms with Crippen molar-refractivity contribution < 1.29 is 14.4 Å². The van der Waals surface area contributed by atoms with E-state index in [9.17, 15) is 4.79 Å². The fraction of sp³-hybridized carbons (Fsp3) is 0.286. The average molecular weight is 275 g/mol. The number of nitrogens with one attached hydrogen (secondary N) is 1. The second-order valence-electron chi connectivity index (χ2n) is 4.71. The van der Waals surface area contributed by atoms with Crippen molar-refractivity contribution in [3.8, 4) is 0 Å². The fourth-order valence-electron chi connectivity index (χ4n) is 2.26. The van der Waals surface area contributed by atoms with E-state index in [0.29, 0.717) is 5.69 Å². The van der Waals surface area contributed by atoms with Crippen LogP contribution in [-0.4, -0.2) is 16.2 Å². The predicted octanol–water partition coefficient (Wildman–Crippen LogP) is 2.74. The van der Waals surface area contributed by atoms with Crippen LogP contribution in [0.1, 0.15) is 40.3 Å². The summed E-state index contributed by atoms with van der Waals surface area (Å²) in [5.74, 6) is -0.299. The molecule has 0 saturated heterocycles. The smallest absolute Gasteiger partial charge is 0.337 e. The molecule has 0 fully saturated rings. The molecule has 0 saturated carbocycles. The molecule has 0 aliphatic carbocycles. The van der Waals surface area contributed by atoms with Gasteiger partial charge in [0.15, 0.2) is 0 Å². The number of hydrogen-bond acceptors (Lipinski definition) is 5. The Kier molecular flexibility index (Phi) is 3.65. The van der Waals surface area contributed by atoms with Gasteiger partial charge < -0.3 is 20.7 Å². The topological polar surface area (TPSA) is 101 Å². The highest BCUT2D eigenvalue weighted by Gasteiger charge is 2.17. The van der Waals surface area contributed by atoms with E-state index < -0.39 is 5.97 Å². The van der Waals surface area contributed by atoms with E-state index in [1.54, 1.807) is 12.1 Å². The number of carboxylic acids is 1. The van der Waals surface area contributed by atoms with Crippen molar-refractivity contribution in [2.24, 2.45) is 0 Å². The van der Waals surface area contributed by atoms with E-state index in [1.807, 2.05) is 20.8 Å². The van der Waals surface area contributed by atoms with Gasteiger partial charge in [0.05, 0.1) is 17.3 Å². The minimum Gasteiger partial charge on any atom is -0.478 e. The van der Waals surface area contributed by atoms with Crippen LogP contribution in [-0.2, 0) is 0 Å². The number of benzene rings is 1. The molecule has 1 unspecified atom stereocenters. The highest BCUT2D eigenvalue weighted by atomic mass is 16.5. The van der Waals surface area contributed by atoms with E-state index in [1.165, 1.54) is 6.07 Å². The van der Waals surface area contributed by atoms with Gasteiger partial charge in [-0.15, -0.1) is 0 Å². The molecule has 2 aromatic rings. The first-order chi connectivity index (χ1) is 9.40. The largest absolute Gasteiger partial charge is 0.478 e. The van der Waals surface area contributed by atoms with Crippen molar-refractivity contribution in [2.45, 2.75) is 26.8 Å². The highest BCUT2D eigenvalue weighted by molar-refractivity contribution is 5.94. The SMILES string of the molecule is Cc1noc(C)c1C(C)Nc1ccc(N)c(C(=O)O)c1. The third kappa shape index (κ3) is 2.59. The van der Waals surface area contributed by atoms with Gasteiger partial charge in [-0.05, 0) is 39.0 Å². The van der Waals surface area contributed by atoms with Crippen LogP contribution in [0.4, 0.5) is 11.4 Å². The zero-order valence-corrected chi connectivity index (χ0v) is 11.6. The maximum Gasteiger partial charge on any atom is 0.337 e. The Hall–Kier alpha value is -2.50. The van der Waals surface area contributed by atoms with E-state index in [2.05, 4.69) is 10.5 Å². The summed E-state index contributed by atoms with van der Waals surface area (Å²) in [5.41, 5.74) is 8.43. The summed E-state index contributed by atoms with van der Waals surface area (Å²) in [7, 11) is 0. The Morgan fingerprint density at radius 1 is 1.45 bits per heavy atom. The number of nitrogen functional groups attached to an aromatic ring is 1. The number of nitrogens with zero attached hydrogens (tertiary/aromatic N) is 1. The first kappa shape index (κ1) is 13.9. The fourth-order valence-corrected chi connectivity index (χ4v) is 2.26. The quantitative estimate of drug-likeness (QED) is 0.741. The standard InChI is InChI=1S/C14H17N3O3/c1-7(13-8(2)17-20-9(13)3)16-10-4-5-12(15)11(6-10)14(18)19/h4-7,16H,15H2,1-3H3,(H,18,19). The molecule has 1 atom stereocenters. The maximum atomic E-state index is 11.1. The molecule has 0 amide bonds. The molecule has 0 bridgehead atoms. The lowest BCUT2D eigenvalue weighted by Crippen LogP contribution is -2.10. The first-order valence-corrected chi connectivity index (χ1v) is 6.22. The van der Waals surface area contributed by atoms with Crippen LogP contribution >= 0.6 is 0 Å². The van der Waals surface area contributed by atoms with Crippen molar-refractivity contribution in [2.75, 3.05) is 11.1 Å². The van der Waals surface area contributed by atoms with Crippen molar-refractivity contribution >= 4 is 17.3 Å². The van der Waals surface area contributed by atoms with Gasteiger partial charge in [0, 0.05) is 16.9 Å². The molecule has 0 radical (unpaired) electrons. The number of carboxylic acid groups (broad SMARTS) is 1. The lowest BCUT2D eigenvalue weighted by Gasteiger charge is -2.16. The summed E-state index contributed by atoms with van der Waals surface area (Å²) in [6, 6.07) is 4.79. The number of nitrogens with two attached hydrogens (primary N) is 1. The third-order valence-corrected chi connectivity index (χ3v) is 3.19. The van der Waals surface area contributed by atoms with Gasteiger partial charge in [-0.1, -0.05) is 5.16 Å². The van der Waals surface area contributed by atoms with Crippen LogP contribution < -0.4 is 11.1 Å². The first-order valence-electron chi connectivity index (χ1n) is 6.22. The monoisotopic (exact) mass is 275 g/mol. The molecule has 0 aliphatic heterocycles. The molecule has 2 rings (SSSR count). The number of aryl methyl sites for hydroxylation is 2. The number of aromatic nitrogens is 1. The second kappa shape index (κ2) is 5.24. The highest BCUT2D eigenvalue weighted by Crippen LogP contribution is 2.26. The summed E-state index contributed by atoms with van der Waals surface area (Å²) in [6.07, 6.45) is 0. The van der Waals surface area contributed by atoms with Crippen molar-refractivity contribution in [1.29, 1.82) is 0 Å². The molecule has 6 nitrogen and oxygen atoms in total. The van der Waals surface area contributed by atoms with Crippen LogP contribution in [0.15, 0.2) is 22.7 Å². The van der Waals surface area contributed by atoms with Gasteiger partial charge >= 0.3 is 5.97 Å². The summed E-state index contributed by atoms with van der Waals surface area (Å²) in [5, 5.41) is 16.2. The number of rotatable bonds is 4. The van der Waals surface area contributed by atoms with Gasteiger partial charge in [0.25, 0.3) is 0 Å². The molecule has 1 aromatic heterocycles. The van der Waals surface area contributed by atoms with Crippen LogP contribution in [0.2, 0.25) is 0 Å². The Morgan fingerprint density at radius 3 is 2.70 bits per heavy atom. The zero-order chi connectivity index (χ0) is 14.9. The van der Waals surface area contributed by atoms with Crippen LogP contribution in [0, 0.1) is 13.8 Å². The number of hydrogen-bond donors (Lipinski definition) is 3. The number of carbonyl (C=O) groups is 1. The van der Waals surface area contributed by atoms with Crippen LogP contribution in [0.5, 0.6) is 0 Å². The Balaban J connectivity index is 2.26. The predicted molar refractivity (Wildman–Crippen MR) is 75.8 cm³/mol. The minimum absolute atomic E-state index is 0.0495. The lowest BCUT2D eigenvalue weighted by molar-refractivity contribution is 0.0698. The molecular formula is C14H17N3O3. The van der Waals surface area contributed by atoms with Crippen molar-refractivity contribution in [3.05, 3.63) is 40.8 Å². The summed E-state index contributed by atoms with van der Waals surface area (Å²) in [6.45, 7) is 5.68. The molecule has 0 aliphatic rings. The summed E-state index contributed by atoms with van der Waals surface area (Å²) < 4.78 is 5.13. The average Bonchev–Trinajstić information content (AvgIpc) is 2.71. The van der Waals surface area contributed by atoms with Crippen molar-refractivity contribution in [3.63, 3.8) is 0 Å².